The number of sulfonamides is 1. The van der Waals surface area contributed by atoms with Crippen LogP contribution >= 0.6 is 0 Å². The third-order valence-electron chi connectivity index (χ3n) is 3.82. The van der Waals surface area contributed by atoms with Gasteiger partial charge in [-0.25, -0.2) is 13.1 Å². The number of aryl methyl sites for hydroxylation is 1. The highest BCUT2D eigenvalue weighted by Crippen LogP contribution is 2.24. The number of nitrogens with zero attached hydrogens (tertiary/aromatic N) is 2. The van der Waals surface area contributed by atoms with E-state index in [1.54, 1.807) is 16.8 Å². The number of aliphatic hydroxyl groups excluding tert-OH is 1. The summed E-state index contributed by atoms with van der Waals surface area (Å²) in [6.07, 6.45) is 4.91. The summed E-state index contributed by atoms with van der Waals surface area (Å²) in [5.41, 5.74) is 0.632. The number of aromatic nitrogens is 1. The Morgan fingerprint density at radius 2 is 2.19 bits per heavy atom. The van der Waals surface area contributed by atoms with Gasteiger partial charge in [-0.2, -0.15) is 0 Å². The fourth-order valence-electron chi connectivity index (χ4n) is 2.39. The predicted molar refractivity (Wildman–Crippen MR) is 81.5 cm³/mol. The Kier molecular flexibility index (Phi) is 5.43. The molecule has 7 heteroatoms. The topological polar surface area (TPSA) is 74.6 Å². The van der Waals surface area contributed by atoms with E-state index in [4.69, 9.17) is 0 Å². The molecule has 0 unspecified atom stereocenters. The smallest absolute Gasteiger partial charge is 0.242 e. The van der Waals surface area contributed by atoms with Crippen LogP contribution in [0.2, 0.25) is 0 Å². The third kappa shape index (κ3) is 4.29. The summed E-state index contributed by atoms with van der Waals surface area (Å²) in [7, 11) is -1.48. The molecule has 1 aliphatic carbocycles. The van der Waals surface area contributed by atoms with Crippen molar-refractivity contribution in [1.29, 1.82) is 0 Å². The van der Waals surface area contributed by atoms with Crippen molar-refractivity contribution in [2.24, 2.45) is 0 Å². The second-order valence-electron chi connectivity index (χ2n) is 5.63. The molecule has 1 aromatic heterocycles. The molecule has 0 saturated heterocycles. The Bertz CT molecular complexity index is 564. The first-order valence-electron chi connectivity index (χ1n) is 7.47. The van der Waals surface area contributed by atoms with Crippen LogP contribution in [0.3, 0.4) is 0 Å². The van der Waals surface area contributed by atoms with Crippen molar-refractivity contribution in [1.82, 2.24) is 14.2 Å². The molecule has 0 aliphatic heterocycles. The summed E-state index contributed by atoms with van der Waals surface area (Å²) in [6.45, 7) is 3.69. The lowest BCUT2D eigenvalue weighted by atomic mass is 10.4. The molecule has 0 radical (unpaired) electrons. The molecule has 0 aromatic carbocycles. The summed E-state index contributed by atoms with van der Waals surface area (Å²) in [6, 6.07) is 2.17. The maximum absolute atomic E-state index is 12.3. The van der Waals surface area contributed by atoms with Gasteiger partial charge in [-0.1, -0.05) is 6.92 Å². The van der Waals surface area contributed by atoms with Crippen LogP contribution in [-0.4, -0.2) is 49.2 Å². The van der Waals surface area contributed by atoms with Crippen molar-refractivity contribution in [3.05, 3.63) is 18.0 Å². The first-order valence-corrected chi connectivity index (χ1v) is 8.96. The van der Waals surface area contributed by atoms with Crippen molar-refractivity contribution in [3.8, 4) is 0 Å². The molecule has 21 heavy (non-hydrogen) atoms. The molecule has 0 amide bonds. The molecule has 1 saturated carbocycles. The lowest BCUT2D eigenvalue weighted by Crippen LogP contribution is -2.33. The summed E-state index contributed by atoms with van der Waals surface area (Å²) in [5, 5.41) is 9.30. The van der Waals surface area contributed by atoms with Gasteiger partial charge in [-0.05, 0) is 32.4 Å². The van der Waals surface area contributed by atoms with Crippen molar-refractivity contribution >= 4 is 10.0 Å². The van der Waals surface area contributed by atoms with Gasteiger partial charge in [0.05, 0.1) is 11.5 Å². The second-order valence-corrected chi connectivity index (χ2v) is 7.40. The van der Waals surface area contributed by atoms with Gasteiger partial charge in [0.1, 0.15) is 0 Å². The van der Waals surface area contributed by atoms with E-state index in [0.29, 0.717) is 31.4 Å². The molecule has 0 atom stereocenters. The van der Waals surface area contributed by atoms with Gasteiger partial charge < -0.3 is 14.6 Å². The van der Waals surface area contributed by atoms with Crippen LogP contribution in [0.25, 0.3) is 0 Å². The molecular formula is C14H25N3O3S. The molecule has 1 aromatic rings. The molecule has 120 valence electrons. The lowest BCUT2D eigenvalue weighted by Gasteiger charge is -2.15. The Morgan fingerprint density at radius 1 is 1.48 bits per heavy atom. The molecule has 1 aliphatic rings. The van der Waals surface area contributed by atoms with Gasteiger partial charge in [0.25, 0.3) is 0 Å². The highest BCUT2D eigenvalue weighted by atomic mass is 32.2. The quantitative estimate of drug-likeness (QED) is 0.706. The first-order chi connectivity index (χ1) is 9.97. The zero-order chi connectivity index (χ0) is 15.5. The van der Waals surface area contributed by atoms with E-state index in [1.165, 1.54) is 12.8 Å². The zero-order valence-corrected chi connectivity index (χ0v) is 13.6. The van der Waals surface area contributed by atoms with E-state index in [-0.39, 0.29) is 11.5 Å². The largest absolute Gasteiger partial charge is 0.390 e. The Labute approximate surface area is 126 Å². The maximum Gasteiger partial charge on any atom is 0.242 e. The van der Waals surface area contributed by atoms with Gasteiger partial charge in [0.15, 0.2) is 0 Å². The van der Waals surface area contributed by atoms with E-state index in [9.17, 15) is 13.5 Å². The number of hydrogen-bond acceptors (Lipinski definition) is 4. The minimum absolute atomic E-state index is 0.153. The van der Waals surface area contributed by atoms with Crippen LogP contribution in [0.4, 0.5) is 0 Å². The van der Waals surface area contributed by atoms with Crippen LogP contribution in [0.5, 0.6) is 0 Å². The third-order valence-corrected chi connectivity index (χ3v) is 5.25. The van der Waals surface area contributed by atoms with Crippen molar-refractivity contribution in [3.63, 3.8) is 0 Å². The van der Waals surface area contributed by atoms with E-state index in [0.717, 1.165) is 6.42 Å². The van der Waals surface area contributed by atoms with Gasteiger partial charge in [-0.3, -0.25) is 0 Å². The fourth-order valence-corrected chi connectivity index (χ4v) is 3.47. The van der Waals surface area contributed by atoms with E-state index in [1.807, 2.05) is 14.0 Å². The van der Waals surface area contributed by atoms with E-state index < -0.39 is 10.0 Å². The minimum Gasteiger partial charge on any atom is -0.390 e. The van der Waals surface area contributed by atoms with Crippen LogP contribution in [-0.2, 0) is 23.2 Å². The average molecular weight is 315 g/mol. The van der Waals surface area contributed by atoms with Gasteiger partial charge in [-0.15, -0.1) is 0 Å². The van der Waals surface area contributed by atoms with Crippen molar-refractivity contribution in [2.45, 2.75) is 50.3 Å². The molecule has 0 spiro atoms. The molecule has 6 nitrogen and oxygen atoms in total. The standard InChI is InChI=1S/C14H25N3O3S/c1-3-7-17-10-14(9-13(17)11-18)21(19,20)15-6-8-16(2)12-4-5-12/h9-10,12,15,18H,3-8,11H2,1-2H3. The monoisotopic (exact) mass is 315 g/mol. The molecular weight excluding hydrogens is 290 g/mol. The summed E-state index contributed by atoms with van der Waals surface area (Å²) in [5.74, 6) is 0. The second kappa shape index (κ2) is 6.91. The molecule has 2 N–H and O–H groups in total. The highest BCUT2D eigenvalue weighted by molar-refractivity contribution is 7.89. The van der Waals surface area contributed by atoms with Gasteiger partial charge in [0, 0.05) is 37.6 Å². The van der Waals surface area contributed by atoms with Crippen molar-refractivity contribution in [2.75, 3.05) is 20.1 Å². The minimum atomic E-state index is -3.50. The lowest BCUT2D eigenvalue weighted by molar-refractivity contribution is 0.270. The number of rotatable bonds is 9. The van der Waals surface area contributed by atoms with Crippen LogP contribution in [0.15, 0.2) is 17.2 Å². The number of nitrogens with one attached hydrogen (secondary N) is 1. The van der Waals surface area contributed by atoms with Crippen molar-refractivity contribution < 1.29 is 13.5 Å². The molecule has 1 fully saturated rings. The van der Waals surface area contributed by atoms with Gasteiger partial charge >= 0.3 is 0 Å². The Morgan fingerprint density at radius 3 is 2.76 bits per heavy atom. The summed E-state index contributed by atoms with van der Waals surface area (Å²) >= 11 is 0. The number of aliphatic hydroxyl groups is 1. The summed E-state index contributed by atoms with van der Waals surface area (Å²) < 4.78 is 28.9. The summed E-state index contributed by atoms with van der Waals surface area (Å²) in [4.78, 5) is 2.42. The predicted octanol–water partition coefficient (Wildman–Crippen LogP) is 0.763. The number of hydrogen-bond donors (Lipinski definition) is 2. The van der Waals surface area contributed by atoms with Crippen LogP contribution in [0, 0.1) is 0 Å². The Balaban J connectivity index is 1.97. The normalized spacial score (nSPS) is 15.8. The Hall–Kier alpha value is -0.890. The van der Waals surface area contributed by atoms with E-state index >= 15 is 0 Å². The molecule has 0 bridgehead atoms. The van der Waals surface area contributed by atoms with E-state index in [2.05, 4.69) is 9.62 Å². The zero-order valence-electron chi connectivity index (χ0n) is 12.7. The first kappa shape index (κ1) is 16.5. The average Bonchev–Trinajstić information content (AvgIpc) is 3.20. The highest BCUT2D eigenvalue weighted by Gasteiger charge is 2.26. The van der Waals surface area contributed by atoms with Gasteiger partial charge in [0.2, 0.25) is 10.0 Å². The number of likely N-dealkylation sites (N-methyl/N-ethyl adjacent to an activating group) is 1. The maximum atomic E-state index is 12.3. The van der Waals surface area contributed by atoms with Crippen LogP contribution in [0.1, 0.15) is 31.9 Å². The molecule has 1 heterocycles. The van der Waals surface area contributed by atoms with Crippen LogP contribution < -0.4 is 4.72 Å². The SMILES string of the molecule is CCCn1cc(S(=O)(=O)NCCN(C)C2CC2)cc1CO. The molecule has 2 rings (SSSR count). The fraction of sp³-hybridized carbons (Fsp3) is 0.714.